The Balaban J connectivity index is 0.000000148. The van der Waals surface area contributed by atoms with E-state index in [0.29, 0.717) is 22.3 Å². The average Bonchev–Trinajstić information content (AvgIpc) is 2.94. The van der Waals surface area contributed by atoms with Gasteiger partial charge in [-0.2, -0.15) is 21.0 Å². The molecule has 0 heterocycles. The second kappa shape index (κ2) is 9.29. The van der Waals surface area contributed by atoms with Crippen LogP contribution >= 0.6 is 0 Å². The number of benzene rings is 6. The smallest absolute Gasteiger partial charge is 0.100 e. The Bertz CT molecular complexity index is 1590. The fourth-order valence-electron chi connectivity index (χ4n) is 4.74. The van der Waals surface area contributed by atoms with Crippen LogP contribution in [0.3, 0.4) is 0 Å². The zero-order valence-corrected chi connectivity index (χ0v) is 19.0. The predicted molar refractivity (Wildman–Crippen MR) is 142 cm³/mol. The maximum absolute atomic E-state index is 9.36. The molecule has 0 atom stereocenters. The number of nitrogens with zero attached hydrogens (tertiary/aromatic N) is 4. The zero-order valence-electron chi connectivity index (χ0n) is 19.0. The normalized spacial score (nSPS) is 10.1. The van der Waals surface area contributed by atoms with Crippen molar-refractivity contribution >= 4 is 43.1 Å². The topological polar surface area (TPSA) is 95.2 Å². The van der Waals surface area contributed by atoms with Gasteiger partial charge in [-0.15, -0.1) is 0 Å². The van der Waals surface area contributed by atoms with E-state index in [1.165, 1.54) is 0 Å². The van der Waals surface area contributed by atoms with E-state index in [9.17, 15) is 21.0 Å². The van der Waals surface area contributed by atoms with Crippen molar-refractivity contribution in [3.63, 3.8) is 0 Å². The second-order valence-corrected chi connectivity index (χ2v) is 8.13. The number of fused-ring (bicyclic) bond motifs is 4. The molecule has 6 aromatic rings. The fourth-order valence-corrected chi connectivity index (χ4v) is 4.74. The molecule has 164 valence electrons. The summed E-state index contributed by atoms with van der Waals surface area (Å²) in [5, 5.41) is 44.2. The van der Waals surface area contributed by atoms with Gasteiger partial charge in [0.05, 0.1) is 22.3 Å². The van der Waals surface area contributed by atoms with Crippen molar-refractivity contribution in [2.24, 2.45) is 0 Å². The number of hydrogen-bond donors (Lipinski definition) is 0. The summed E-state index contributed by atoms with van der Waals surface area (Å²) in [4.78, 5) is 0. The number of rotatable bonds is 0. The standard InChI is InChI=1S/2C16H8N2/c2*17-9-15-11-5-1-2-6-12(11)16(10-18)14-8-4-3-7-13(14)15/h2*1-8H. The molecule has 4 heteroatoms. The van der Waals surface area contributed by atoms with Crippen molar-refractivity contribution in [1.29, 1.82) is 21.0 Å². The van der Waals surface area contributed by atoms with E-state index in [-0.39, 0.29) is 0 Å². The van der Waals surface area contributed by atoms with Crippen LogP contribution in [0.1, 0.15) is 22.3 Å². The van der Waals surface area contributed by atoms with E-state index in [0.717, 1.165) is 43.1 Å². The highest BCUT2D eigenvalue weighted by atomic mass is 14.3. The zero-order chi connectivity index (χ0) is 25.1. The molecule has 0 aliphatic rings. The minimum Gasteiger partial charge on any atom is -0.192 e. The Hall–Kier alpha value is -5.68. The summed E-state index contributed by atoms with van der Waals surface area (Å²) in [7, 11) is 0. The van der Waals surface area contributed by atoms with Crippen LogP contribution < -0.4 is 0 Å². The first kappa shape index (κ1) is 22.1. The van der Waals surface area contributed by atoms with Crippen molar-refractivity contribution in [3.05, 3.63) is 119 Å². The largest absolute Gasteiger partial charge is 0.192 e. The molecule has 6 rings (SSSR count). The van der Waals surface area contributed by atoms with Crippen molar-refractivity contribution in [2.75, 3.05) is 0 Å². The third kappa shape index (κ3) is 3.45. The maximum atomic E-state index is 9.36. The lowest BCUT2D eigenvalue weighted by Crippen LogP contribution is -1.89. The molecule has 0 bridgehead atoms. The van der Waals surface area contributed by atoms with Gasteiger partial charge in [0, 0.05) is 43.1 Å². The highest BCUT2D eigenvalue weighted by molar-refractivity contribution is 6.10. The van der Waals surface area contributed by atoms with Crippen molar-refractivity contribution in [2.45, 2.75) is 0 Å². The Labute approximate surface area is 207 Å². The summed E-state index contributed by atoms with van der Waals surface area (Å²) in [6.07, 6.45) is 0. The molecular weight excluding hydrogens is 440 g/mol. The van der Waals surface area contributed by atoms with E-state index in [2.05, 4.69) is 24.3 Å². The van der Waals surface area contributed by atoms with Crippen molar-refractivity contribution in [1.82, 2.24) is 0 Å². The molecule has 0 fully saturated rings. The van der Waals surface area contributed by atoms with Gasteiger partial charge in [-0.05, 0) is 0 Å². The van der Waals surface area contributed by atoms with Crippen LogP contribution in [-0.4, -0.2) is 0 Å². The molecule has 0 saturated carbocycles. The van der Waals surface area contributed by atoms with Crippen LogP contribution in [0.15, 0.2) is 97.1 Å². The molecule has 0 aliphatic heterocycles. The highest BCUT2D eigenvalue weighted by Crippen LogP contribution is 2.33. The highest BCUT2D eigenvalue weighted by Gasteiger charge is 2.13. The Morgan fingerprint density at radius 3 is 0.528 bits per heavy atom. The molecule has 0 aromatic heterocycles. The van der Waals surface area contributed by atoms with E-state index >= 15 is 0 Å². The van der Waals surface area contributed by atoms with Gasteiger partial charge in [0.15, 0.2) is 0 Å². The van der Waals surface area contributed by atoms with Gasteiger partial charge >= 0.3 is 0 Å². The molecule has 6 aromatic carbocycles. The SMILES string of the molecule is N#Cc1c2ccccc2c(C#N)c2ccccc12.N#Cc1c2ccccc2c(C#N)c2ccccc12. The van der Waals surface area contributed by atoms with Gasteiger partial charge in [-0.1, -0.05) is 97.1 Å². The monoisotopic (exact) mass is 456 g/mol. The van der Waals surface area contributed by atoms with E-state index in [4.69, 9.17) is 0 Å². The third-order valence-electron chi connectivity index (χ3n) is 6.31. The number of nitriles is 4. The molecule has 0 saturated heterocycles. The van der Waals surface area contributed by atoms with Crippen molar-refractivity contribution in [3.8, 4) is 24.3 Å². The summed E-state index contributed by atoms with van der Waals surface area (Å²) in [5.41, 5.74) is 2.56. The average molecular weight is 457 g/mol. The van der Waals surface area contributed by atoms with Gasteiger partial charge in [-0.3, -0.25) is 0 Å². The first-order chi connectivity index (χ1) is 17.7. The fraction of sp³-hybridized carbons (Fsp3) is 0. The quantitative estimate of drug-likeness (QED) is 0.221. The van der Waals surface area contributed by atoms with Gasteiger partial charge in [0.1, 0.15) is 24.3 Å². The lowest BCUT2D eigenvalue weighted by molar-refractivity contribution is 1.50. The van der Waals surface area contributed by atoms with Gasteiger partial charge < -0.3 is 0 Å². The Morgan fingerprint density at radius 1 is 0.278 bits per heavy atom. The molecule has 4 nitrogen and oxygen atoms in total. The van der Waals surface area contributed by atoms with Gasteiger partial charge in [0.25, 0.3) is 0 Å². The molecule has 0 aliphatic carbocycles. The predicted octanol–water partition coefficient (Wildman–Crippen LogP) is 7.47. The molecule has 0 radical (unpaired) electrons. The molecule has 36 heavy (non-hydrogen) atoms. The summed E-state index contributed by atoms with van der Waals surface area (Å²) in [6.45, 7) is 0. The van der Waals surface area contributed by atoms with Crippen LogP contribution in [0, 0.1) is 45.3 Å². The molecule has 0 unspecified atom stereocenters. The third-order valence-corrected chi connectivity index (χ3v) is 6.31. The van der Waals surface area contributed by atoms with Crippen LogP contribution in [0.2, 0.25) is 0 Å². The van der Waals surface area contributed by atoms with E-state index < -0.39 is 0 Å². The molecule has 0 N–H and O–H groups in total. The van der Waals surface area contributed by atoms with Crippen LogP contribution in [-0.2, 0) is 0 Å². The van der Waals surface area contributed by atoms with Crippen LogP contribution in [0.25, 0.3) is 43.1 Å². The molecule has 0 spiro atoms. The maximum Gasteiger partial charge on any atom is 0.100 e. The first-order valence-electron chi connectivity index (χ1n) is 11.2. The molecular formula is C32H16N4. The van der Waals surface area contributed by atoms with Crippen LogP contribution in [0.5, 0.6) is 0 Å². The van der Waals surface area contributed by atoms with Gasteiger partial charge in [-0.25, -0.2) is 0 Å². The van der Waals surface area contributed by atoms with E-state index in [1.807, 2.05) is 97.1 Å². The second-order valence-electron chi connectivity index (χ2n) is 8.13. The van der Waals surface area contributed by atoms with Crippen molar-refractivity contribution < 1.29 is 0 Å². The lowest BCUT2D eigenvalue weighted by atomic mass is 9.93. The van der Waals surface area contributed by atoms with E-state index in [1.54, 1.807) is 0 Å². The summed E-state index contributed by atoms with van der Waals surface area (Å²) in [5.74, 6) is 0. The minimum absolute atomic E-state index is 0.639. The summed E-state index contributed by atoms with van der Waals surface area (Å²) >= 11 is 0. The first-order valence-corrected chi connectivity index (χ1v) is 11.2. The summed E-state index contributed by atoms with van der Waals surface area (Å²) in [6, 6.07) is 39.2. The Morgan fingerprint density at radius 2 is 0.417 bits per heavy atom. The van der Waals surface area contributed by atoms with Crippen LogP contribution in [0.4, 0.5) is 0 Å². The lowest BCUT2D eigenvalue weighted by Gasteiger charge is -2.08. The molecule has 0 amide bonds. The number of hydrogen-bond acceptors (Lipinski definition) is 4. The Kier molecular flexibility index (Phi) is 5.71. The minimum atomic E-state index is 0.639. The summed E-state index contributed by atoms with van der Waals surface area (Å²) < 4.78 is 0. The van der Waals surface area contributed by atoms with Gasteiger partial charge in [0.2, 0.25) is 0 Å².